The van der Waals surface area contributed by atoms with Gasteiger partial charge in [-0.2, -0.15) is 0 Å². The van der Waals surface area contributed by atoms with Crippen molar-refractivity contribution in [1.29, 1.82) is 0 Å². The molecule has 2 aliphatic rings. The Morgan fingerprint density at radius 3 is 2.77 bits per heavy atom. The Hall–Kier alpha value is -2.06. The van der Waals surface area contributed by atoms with E-state index in [1.165, 1.54) is 0 Å². The van der Waals surface area contributed by atoms with Gasteiger partial charge in [0.25, 0.3) is 0 Å². The normalized spacial score (nSPS) is 20.6. The molecule has 8 heteroatoms. The molecular weight excluding hydrogens is 431 g/mol. The molecular formula is C23H22BClN2O3S. The summed E-state index contributed by atoms with van der Waals surface area (Å²) >= 11 is 6.18. The fourth-order valence-corrected chi connectivity index (χ4v) is 5.83. The summed E-state index contributed by atoms with van der Waals surface area (Å²) in [5, 5.41) is 10.2. The molecule has 2 atom stereocenters. The number of aromatic nitrogens is 2. The number of halogens is 1. The zero-order valence-electron chi connectivity index (χ0n) is 17.0. The second-order valence-corrected chi connectivity index (χ2v) is 9.95. The lowest BCUT2D eigenvalue weighted by Crippen LogP contribution is -2.17. The molecule has 5 nitrogen and oxygen atoms in total. The highest BCUT2D eigenvalue weighted by Gasteiger charge is 2.29. The van der Waals surface area contributed by atoms with Gasteiger partial charge in [0.05, 0.1) is 33.2 Å². The van der Waals surface area contributed by atoms with E-state index < -0.39 is 17.9 Å². The molecule has 1 aromatic heterocycles. The third-order valence-corrected chi connectivity index (χ3v) is 7.60. The molecule has 1 N–H and O–H groups in total. The quantitative estimate of drug-likeness (QED) is 0.595. The second-order valence-electron chi connectivity index (χ2n) is 8.01. The summed E-state index contributed by atoms with van der Waals surface area (Å²) < 4.78 is 18.4. The summed E-state index contributed by atoms with van der Waals surface area (Å²) in [6.45, 7) is 0. The minimum atomic E-state index is -1.08. The number of aryl methyl sites for hydroxylation is 1. The minimum Gasteiger partial charge on any atom is -0.427 e. The van der Waals surface area contributed by atoms with Crippen LogP contribution in [0.5, 0.6) is 0 Å². The van der Waals surface area contributed by atoms with Gasteiger partial charge in [-0.25, -0.2) is 9.97 Å². The van der Waals surface area contributed by atoms with Gasteiger partial charge in [0.2, 0.25) is 0 Å². The van der Waals surface area contributed by atoms with E-state index in [4.69, 9.17) is 26.2 Å². The molecule has 31 heavy (non-hydrogen) atoms. The predicted molar refractivity (Wildman–Crippen MR) is 123 cm³/mol. The van der Waals surface area contributed by atoms with E-state index in [1.807, 2.05) is 36.4 Å². The van der Waals surface area contributed by atoms with Crippen LogP contribution in [0.1, 0.15) is 41.5 Å². The third kappa shape index (κ3) is 4.46. The Morgan fingerprint density at radius 2 is 2.03 bits per heavy atom. The minimum absolute atomic E-state index is 0.0576. The summed E-state index contributed by atoms with van der Waals surface area (Å²) in [6.07, 6.45) is 3.69. The monoisotopic (exact) mass is 452 g/mol. The molecule has 158 valence electrons. The molecule has 0 spiro atoms. The van der Waals surface area contributed by atoms with E-state index in [0.29, 0.717) is 29.3 Å². The van der Waals surface area contributed by atoms with Crippen molar-refractivity contribution in [3.8, 4) is 11.4 Å². The SMILES string of the molecule is O=S1CCCc2nc(-c3cccc(Cl)c3)nc(Cc3ccc(C4CCB(O)O4)cc3)c21. The molecule has 3 heterocycles. The summed E-state index contributed by atoms with van der Waals surface area (Å²) in [6, 6.07) is 15.7. The van der Waals surface area contributed by atoms with Crippen molar-refractivity contribution >= 4 is 29.5 Å². The highest BCUT2D eigenvalue weighted by atomic mass is 35.5. The molecule has 0 radical (unpaired) electrons. The zero-order valence-corrected chi connectivity index (χ0v) is 18.5. The van der Waals surface area contributed by atoms with Crippen molar-refractivity contribution in [1.82, 2.24) is 9.97 Å². The number of hydrogen-bond donors (Lipinski definition) is 1. The fraction of sp³-hybridized carbons (Fsp3) is 0.304. The lowest BCUT2D eigenvalue weighted by atomic mass is 9.87. The van der Waals surface area contributed by atoms with E-state index in [-0.39, 0.29) is 6.10 Å². The van der Waals surface area contributed by atoms with E-state index in [0.717, 1.165) is 52.2 Å². The maximum atomic E-state index is 12.8. The van der Waals surface area contributed by atoms with Gasteiger partial charge in [-0.1, -0.05) is 48.0 Å². The first-order chi connectivity index (χ1) is 15.1. The lowest BCUT2D eigenvalue weighted by molar-refractivity contribution is 0.204. The van der Waals surface area contributed by atoms with Crippen LogP contribution in [0.2, 0.25) is 11.3 Å². The lowest BCUT2D eigenvalue weighted by Gasteiger charge is -2.19. The number of nitrogens with zero attached hydrogens (tertiary/aromatic N) is 2. The zero-order chi connectivity index (χ0) is 21.4. The van der Waals surface area contributed by atoms with Crippen molar-refractivity contribution in [2.75, 3.05) is 5.75 Å². The van der Waals surface area contributed by atoms with Crippen molar-refractivity contribution in [2.45, 2.75) is 43.0 Å². The van der Waals surface area contributed by atoms with E-state index in [1.54, 1.807) is 0 Å². The van der Waals surface area contributed by atoms with Gasteiger partial charge in [-0.15, -0.1) is 0 Å². The molecule has 0 bridgehead atoms. The summed E-state index contributed by atoms with van der Waals surface area (Å²) in [5.41, 5.74) is 4.71. The van der Waals surface area contributed by atoms with Gasteiger partial charge in [0.1, 0.15) is 0 Å². The average molecular weight is 453 g/mol. The first-order valence-electron chi connectivity index (χ1n) is 10.5. The maximum Gasteiger partial charge on any atom is 0.454 e. The van der Waals surface area contributed by atoms with Crippen LogP contribution in [0, 0.1) is 0 Å². The van der Waals surface area contributed by atoms with Crippen LogP contribution in [-0.2, 0) is 28.3 Å². The highest BCUT2D eigenvalue weighted by molar-refractivity contribution is 7.85. The third-order valence-electron chi connectivity index (χ3n) is 5.78. The van der Waals surface area contributed by atoms with Crippen LogP contribution in [0.3, 0.4) is 0 Å². The summed E-state index contributed by atoms with van der Waals surface area (Å²) in [7, 11) is -1.75. The van der Waals surface area contributed by atoms with E-state index in [2.05, 4.69) is 12.1 Å². The van der Waals surface area contributed by atoms with Crippen LogP contribution < -0.4 is 0 Å². The van der Waals surface area contributed by atoms with Crippen LogP contribution >= 0.6 is 11.6 Å². The molecule has 1 fully saturated rings. The van der Waals surface area contributed by atoms with Gasteiger partial charge in [-0.3, -0.25) is 4.21 Å². The van der Waals surface area contributed by atoms with Crippen molar-refractivity contribution in [3.63, 3.8) is 0 Å². The Balaban J connectivity index is 1.49. The predicted octanol–water partition coefficient (Wildman–Crippen LogP) is 4.38. The fourth-order valence-electron chi connectivity index (χ4n) is 4.24. The summed E-state index contributed by atoms with van der Waals surface area (Å²) in [4.78, 5) is 10.4. The van der Waals surface area contributed by atoms with Crippen molar-refractivity contribution in [3.05, 3.63) is 76.1 Å². The highest BCUT2D eigenvalue weighted by Crippen LogP contribution is 2.32. The van der Waals surface area contributed by atoms with E-state index in [9.17, 15) is 9.23 Å². The first-order valence-corrected chi connectivity index (χ1v) is 12.2. The van der Waals surface area contributed by atoms with Crippen LogP contribution in [0.25, 0.3) is 11.4 Å². The number of benzene rings is 2. The van der Waals surface area contributed by atoms with Crippen LogP contribution in [0.15, 0.2) is 53.4 Å². The van der Waals surface area contributed by atoms with Gasteiger partial charge in [0, 0.05) is 22.8 Å². The molecule has 5 rings (SSSR count). The standard InChI is InChI=1S/C23H22BClN2O3S/c25-18-4-1-3-17(14-18)23-26-19-5-2-12-31(29)22(19)20(27-23)13-15-6-8-16(9-7-15)21-10-11-24(28)30-21/h1,3-4,6-9,14,21,28H,2,5,10-13H2. The number of fused-ring (bicyclic) bond motifs is 1. The second kappa shape index (κ2) is 8.83. The smallest absolute Gasteiger partial charge is 0.427 e. The Bertz CT molecular complexity index is 1140. The van der Waals surface area contributed by atoms with Gasteiger partial charge in [-0.05, 0) is 48.8 Å². The molecule has 0 amide bonds. The number of hydrogen-bond acceptors (Lipinski definition) is 5. The molecule has 0 saturated carbocycles. The Kier molecular flexibility index (Phi) is 5.93. The van der Waals surface area contributed by atoms with Gasteiger partial charge >= 0.3 is 7.12 Å². The topological polar surface area (TPSA) is 72.3 Å². The molecule has 2 aliphatic heterocycles. The van der Waals surface area contributed by atoms with Crippen LogP contribution in [-0.4, -0.2) is 32.1 Å². The first kappa shape index (κ1) is 20.8. The van der Waals surface area contributed by atoms with Crippen molar-refractivity contribution in [2.24, 2.45) is 0 Å². The molecule has 1 saturated heterocycles. The van der Waals surface area contributed by atoms with E-state index >= 15 is 0 Å². The maximum absolute atomic E-state index is 12.8. The average Bonchev–Trinajstić information content (AvgIpc) is 3.20. The molecule has 0 aliphatic carbocycles. The van der Waals surface area contributed by atoms with Crippen molar-refractivity contribution < 1.29 is 13.9 Å². The molecule has 2 unspecified atom stereocenters. The Morgan fingerprint density at radius 1 is 1.19 bits per heavy atom. The largest absolute Gasteiger partial charge is 0.454 e. The van der Waals surface area contributed by atoms with Gasteiger partial charge < -0.3 is 9.68 Å². The van der Waals surface area contributed by atoms with Crippen LogP contribution in [0.4, 0.5) is 0 Å². The summed E-state index contributed by atoms with van der Waals surface area (Å²) in [5.74, 6) is 1.28. The number of rotatable bonds is 4. The van der Waals surface area contributed by atoms with Gasteiger partial charge in [0.15, 0.2) is 5.82 Å². The Labute approximate surface area is 189 Å². The molecule has 3 aromatic rings. The molecule has 2 aromatic carbocycles.